The number of hydrogen-bond acceptors (Lipinski definition) is 3. The first-order valence-corrected chi connectivity index (χ1v) is 7.01. The summed E-state index contributed by atoms with van der Waals surface area (Å²) in [5.41, 5.74) is 7.02. The minimum Gasteiger partial charge on any atom is -0.353 e. The van der Waals surface area contributed by atoms with Crippen LogP contribution in [0, 0.1) is 0 Å². The highest BCUT2D eigenvalue weighted by Gasteiger charge is 2.32. The third kappa shape index (κ3) is 3.17. The number of rotatable bonds is 4. The molecule has 1 aromatic carbocycles. The molecule has 0 aliphatic carbocycles. The van der Waals surface area contributed by atoms with E-state index in [1.54, 1.807) is 4.90 Å². The SMILES string of the molecule is CC[C@H]1C(=O)NCCN1C(=O)C[C@H](N)c1ccccc1. The average Bonchev–Trinajstić information content (AvgIpc) is 2.47. The van der Waals surface area contributed by atoms with Gasteiger partial charge in [0.05, 0.1) is 0 Å². The Morgan fingerprint density at radius 1 is 1.45 bits per heavy atom. The fourth-order valence-electron chi connectivity index (χ4n) is 2.54. The Labute approximate surface area is 119 Å². The second kappa shape index (κ2) is 6.52. The molecule has 2 rings (SSSR count). The van der Waals surface area contributed by atoms with Crippen molar-refractivity contribution in [2.45, 2.75) is 31.8 Å². The maximum atomic E-state index is 12.4. The largest absolute Gasteiger partial charge is 0.353 e. The van der Waals surface area contributed by atoms with Gasteiger partial charge in [0, 0.05) is 25.6 Å². The Balaban J connectivity index is 2.02. The summed E-state index contributed by atoms with van der Waals surface area (Å²) < 4.78 is 0. The van der Waals surface area contributed by atoms with Crippen molar-refractivity contribution in [1.29, 1.82) is 0 Å². The van der Waals surface area contributed by atoms with E-state index in [2.05, 4.69) is 5.32 Å². The van der Waals surface area contributed by atoms with Gasteiger partial charge in [-0.1, -0.05) is 37.3 Å². The number of carbonyl (C=O) groups is 2. The van der Waals surface area contributed by atoms with E-state index in [-0.39, 0.29) is 30.3 Å². The molecule has 0 bridgehead atoms. The molecule has 0 radical (unpaired) electrons. The van der Waals surface area contributed by atoms with Crippen molar-refractivity contribution < 1.29 is 9.59 Å². The van der Waals surface area contributed by atoms with Gasteiger partial charge in [-0.05, 0) is 12.0 Å². The molecule has 0 spiro atoms. The number of nitrogens with one attached hydrogen (secondary N) is 1. The number of benzene rings is 1. The predicted octanol–water partition coefficient (Wildman–Crippen LogP) is 0.814. The van der Waals surface area contributed by atoms with Crippen LogP contribution < -0.4 is 11.1 Å². The zero-order chi connectivity index (χ0) is 14.5. The molecule has 5 nitrogen and oxygen atoms in total. The highest BCUT2D eigenvalue weighted by atomic mass is 16.2. The van der Waals surface area contributed by atoms with Crippen LogP contribution in [-0.2, 0) is 9.59 Å². The molecule has 0 unspecified atom stereocenters. The van der Waals surface area contributed by atoms with E-state index in [1.807, 2.05) is 37.3 Å². The molecule has 1 aromatic rings. The van der Waals surface area contributed by atoms with E-state index in [1.165, 1.54) is 0 Å². The van der Waals surface area contributed by atoms with Crippen LogP contribution in [0.2, 0.25) is 0 Å². The number of nitrogens with two attached hydrogens (primary N) is 1. The summed E-state index contributed by atoms with van der Waals surface area (Å²) in [5, 5.41) is 2.79. The molecule has 1 saturated heterocycles. The van der Waals surface area contributed by atoms with Crippen LogP contribution in [-0.4, -0.2) is 35.8 Å². The second-order valence-electron chi connectivity index (χ2n) is 5.02. The van der Waals surface area contributed by atoms with Crippen LogP contribution >= 0.6 is 0 Å². The molecule has 108 valence electrons. The van der Waals surface area contributed by atoms with Gasteiger partial charge in [-0.15, -0.1) is 0 Å². The van der Waals surface area contributed by atoms with E-state index in [4.69, 9.17) is 5.73 Å². The minimum absolute atomic E-state index is 0.0527. The lowest BCUT2D eigenvalue weighted by molar-refractivity contribution is -0.143. The quantitative estimate of drug-likeness (QED) is 0.854. The van der Waals surface area contributed by atoms with Gasteiger partial charge in [-0.3, -0.25) is 9.59 Å². The van der Waals surface area contributed by atoms with Gasteiger partial charge in [-0.25, -0.2) is 0 Å². The van der Waals surface area contributed by atoms with Gasteiger partial charge < -0.3 is 16.0 Å². The van der Waals surface area contributed by atoms with Gasteiger partial charge in [-0.2, -0.15) is 0 Å². The van der Waals surface area contributed by atoms with Gasteiger partial charge in [0.1, 0.15) is 6.04 Å². The van der Waals surface area contributed by atoms with Gasteiger partial charge >= 0.3 is 0 Å². The first-order chi connectivity index (χ1) is 9.63. The Morgan fingerprint density at radius 2 is 2.15 bits per heavy atom. The van der Waals surface area contributed by atoms with Gasteiger partial charge in [0.25, 0.3) is 0 Å². The van der Waals surface area contributed by atoms with Crippen molar-refractivity contribution in [2.75, 3.05) is 13.1 Å². The molecular weight excluding hydrogens is 254 g/mol. The Kier molecular flexibility index (Phi) is 4.74. The van der Waals surface area contributed by atoms with Crippen molar-refractivity contribution in [3.8, 4) is 0 Å². The molecule has 1 aliphatic heterocycles. The topological polar surface area (TPSA) is 75.4 Å². The maximum absolute atomic E-state index is 12.4. The zero-order valence-corrected chi connectivity index (χ0v) is 11.7. The van der Waals surface area contributed by atoms with E-state index in [9.17, 15) is 9.59 Å². The Hall–Kier alpha value is -1.88. The van der Waals surface area contributed by atoms with E-state index in [0.29, 0.717) is 19.5 Å². The predicted molar refractivity (Wildman–Crippen MR) is 76.8 cm³/mol. The van der Waals surface area contributed by atoms with Crippen molar-refractivity contribution in [2.24, 2.45) is 5.73 Å². The minimum atomic E-state index is -0.362. The van der Waals surface area contributed by atoms with Crippen LogP contribution in [0.4, 0.5) is 0 Å². The van der Waals surface area contributed by atoms with Crippen LogP contribution in [0.15, 0.2) is 30.3 Å². The third-order valence-electron chi connectivity index (χ3n) is 3.66. The van der Waals surface area contributed by atoms with E-state index in [0.717, 1.165) is 5.56 Å². The number of nitrogens with zero attached hydrogens (tertiary/aromatic N) is 1. The fraction of sp³-hybridized carbons (Fsp3) is 0.467. The van der Waals surface area contributed by atoms with Crippen LogP contribution in [0.25, 0.3) is 0 Å². The number of carbonyl (C=O) groups excluding carboxylic acids is 2. The summed E-state index contributed by atoms with van der Waals surface area (Å²) in [4.78, 5) is 25.8. The molecule has 5 heteroatoms. The molecule has 2 amide bonds. The average molecular weight is 275 g/mol. The summed E-state index contributed by atoms with van der Waals surface area (Å²) in [5.74, 6) is -0.122. The monoisotopic (exact) mass is 275 g/mol. The Bertz CT molecular complexity index is 475. The van der Waals surface area contributed by atoms with Crippen molar-refractivity contribution in [3.63, 3.8) is 0 Å². The van der Waals surface area contributed by atoms with E-state index < -0.39 is 0 Å². The summed E-state index contributed by atoms with van der Waals surface area (Å²) >= 11 is 0. The highest BCUT2D eigenvalue weighted by molar-refractivity contribution is 5.89. The molecule has 1 aliphatic rings. The number of amides is 2. The summed E-state index contributed by atoms with van der Waals surface area (Å²) in [6, 6.07) is 8.87. The molecule has 1 fully saturated rings. The van der Waals surface area contributed by atoms with Crippen LogP contribution in [0.5, 0.6) is 0 Å². The second-order valence-corrected chi connectivity index (χ2v) is 5.02. The van der Waals surface area contributed by atoms with Gasteiger partial charge in [0.2, 0.25) is 11.8 Å². The molecule has 1 heterocycles. The summed E-state index contributed by atoms with van der Waals surface area (Å²) in [6.45, 7) is 2.99. The van der Waals surface area contributed by atoms with Crippen molar-refractivity contribution in [1.82, 2.24) is 10.2 Å². The Morgan fingerprint density at radius 3 is 2.80 bits per heavy atom. The lowest BCUT2D eigenvalue weighted by Crippen LogP contribution is -2.57. The zero-order valence-electron chi connectivity index (χ0n) is 11.7. The number of hydrogen-bond donors (Lipinski definition) is 2. The van der Waals surface area contributed by atoms with Crippen LogP contribution in [0.3, 0.4) is 0 Å². The molecule has 3 N–H and O–H groups in total. The molecule has 2 atom stereocenters. The smallest absolute Gasteiger partial charge is 0.242 e. The lowest BCUT2D eigenvalue weighted by atomic mass is 10.0. The van der Waals surface area contributed by atoms with Crippen LogP contribution in [0.1, 0.15) is 31.4 Å². The fourth-order valence-corrected chi connectivity index (χ4v) is 2.54. The molecule has 0 saturated carbocycles. The highest BCUT2D eigenvalue weighted by Crippen LogP contribution is 2.17. The maximum Gasteiger partial charge on any atom is 0.242 e. The molecule has 20 heavy (non-hydrogen) atoms. The van der Waals surface area contributed by atoms with Crippen molar-refractivity contribution in [3.05, 3.63) is 35.9 Å². The first-order valence-electron chi connectivity index (χ1n) is 7.01. The van der Waals surface area contributed by atoms with E-state index >= 15 is 0 Å². The lowest BCUT2D eigenvalue weighted by Gasteiger charge is -2.35. The summed E-state index contributed by atoms with van der Waals surface area (Å²) in [6.07, 6.45) is 0.853. The molecular formula is C15H21N3O2. The standard InChI is InChI=1S/C15H21N3O2/c1-2-13-15(20)17-8-9-18(13)14(19)10-12(16)11-6-4-3-5-7-11/h3-7,12-13H,2,8-10,16H2,1H3,(H,17,20)/t12-,13-/m0/s1. The number of piperazine rings is 1. The normalized spacial score (nSPS) is 20.4. The van der Waals surface area contributed by atoms with Gasteiger partial charge in [0.15, 0.2) is 0 Å². The third-order valence-corrected chi connectivity index (χ3v) is 3.66. The molecule has 0 aromatic heterocycles. The first kappa shape index (κ1) is 14.5. The van der Waals surface area contributed by atoms with Crippen molar-refractivity contribution >= 4 is 11.8 Å². The summed E-state index contributed by atoms with van der Waals surface area (Å²) in [7, 11) is 0.